The Balaban J connectivity index is 1.77. The van der Waals surface area contributed by atoms with E-state index in [-0.39, 0.29) is 24.1 Å². The number of amides is 2. The molecule has 0 fully saturated rings. The van der Waals surface area contributed by atoms with E-state index in [1.54, 1.807) is 23.1 Å². The Morgan fingerprint density at radius 2 is 2.07 bits per heavy atom. The fourth-order valence-corrected chi connectivity index (χ4v) is 4.40. The van der Waals surface area contributed by atoms with Gasteiger partial charge >= 0.3 is 0 Å². The normalized spacial score (nSPS) is 10.9. The van der Waals surface area contributed by atoms with Gasteiger partial charge < -0.3 is 15.1 Å². The highest BCUT2D eigenvalue weighted by molar-refractivity contribution is 8.00. The minimum Gasteiger partial charge on any atom is -0.451 e. The minimum absolute atomic E-state index is 0.0753. The van der Waals surface area contributed by atoms with E-state index in [0.717, 1.165) is 27.4 Å². The standard InChI is InChI=1S/C19H21N3O3S2/c1-3-8-20-16(23)9-21-18(24)17-14(11-27-19-22-12(2)10-26-19)13-6-4-5-7-15(13)25-17/h4-7,10H,3,8-9,11H2,1-2H3,(H,20,23)(H,21,24). The number of aromatic nitrogens is 1. The van der Waals surface area contributed by atoms with Gasteiger partial charge in [-0.15, -0.1) is 11.3 Å². The first-order chi connectivity index (χ1) is 13.1. The van der Waals surface area contributed by atoms with Crippen molar-refractivity contribution in [2.45, 2.75) is 30.4 Å². The van der Waals surface area contributed by atoms with Crippen molar-refractivity contribution in [3.05, 3.63) is 46.7 Å². The van der Waals surface area contributed by atoms with E-state index in [1.807, 2.05) is 43.5 Å². The van der Waals surface area contributed by atoms with Crippen molar-refractivity contribution in [1.29, 1.82) is 0 Å². The first kappa shape index (κ1) is 19.4. The number of nitrogens with zero attached hydrogens (tertiary/aromatic N) is 1. The Labute approximate surface area is 165 Å². The Kier molecular flexibility index (Phi) is 6.52. The highest BCUT2D eigenvalue weighted by atomic mass is 32.2. The van der Waals surface area contributed by atoms with Crippen molar-refractivity contribution in [2.75, 3.05) is 13.1 Å². The number of thioether (sulfide) groups is 1. The van der Waals surface area contributed by atoms with Gasteiger partial charge in [0.05, 0.1) is 6.54 Å². The Hall–Kier alpha value is -2.32. The number of thiazole rings is 1. The van der Waals surface area contributed by atoms with Crippen LogP contribution in [-0.2, 0) is 10.5 Å². The van der Waals surface area contributed by atoms with Crippen molar-refractivity contribution in [1.82, 2.24) is 15.6 Å². The van der Waals surface area contributed by atoms with E-state index < -0.39 is 0 Å². The second-order valence-electron chi connectivity index (χ2n) is 5.98. The van der Waals surface area contributed by atoms with Gasteiger partial charge in [0.1, 0.15) is 9.92 Å². The molecule has 6 nitrogen and oxygen atoms in total. The van der Waals surface area contributed by atoms with Crippen LogP contribution in [0.15, 0.2) is 38.4 Å². The van der Waals surface area contributed by atoms with Crippen molar-refractivity contribution in [3.8, 4) is 0 Å². The maximum Gasteiger partial charge on any atom is 0.287 e. The maximum atomic E-state index is 12.6. The van der Waals surface area contributed by atoms with E-state index in [1.165, 1.54) is 0 Å². The molecule has 0 saturated heterocycles. The summed E-state index contributed by atoms with van der Waals surface area (Å²) >= 11 is 3.15. The van der Waals surface area contributed by atoms with E-state index in [4.69, 9.17) is 4.42 Å². The number of para-hydroxylation sites is 1. The zero-order valence-corrected chi connectivity index (χ0v) is 16.8. The molecule has 0 aliphatic rings. The van der Waals surface area contributed by atoms with Crippen LogP contribution < -0.4 is 10.6 Å². The van der Waals surface area contributed by atoms with Gasteiger partial charge in [-0.1, -0.05) is 36.9 Å². The first-order valence-electron chi connectivity index (χ1n) is 8.68. The van der Waals surface area contributed by atoms with Crippen LogP contribution in [0.2, 0.25) is 0 Å². The molecule has 3 rings (SSSR count). The lowest BCUT2D eigenvalue weighted by atomic mass is 10.1. The van der Waals surface area contributed by atoms with E-state index in [9.17, 15) is 9.59 Å². The topological polar surface area (TPSA) is 84.2 Å². The Bertz CT molecular complexity index is 949. The molecule has 0 atom stereocenters. The summed E-state index contributed by atoms with van der Waals surface area (Å²) in [7, 11) is 0. The maximum absolute atomic E-state index is 12.6. The smallest absolute Gasteiger partial charge is 0.287 e. The number of carbonyl (C=O) groups excluding carboxylic acids is 2. The highest BCUT2D eigenvalue weighted by Gasteiger charge is 2.21. The number of benzene rings is 1. The monoisotopic (exact) mass is 403 g/mol. The third-order valence-corrected chi connectivity index (χ3v) is 5.99. The molecule has 0 bridgehead atoms. The molecule has 0 aliphatic carbocycles. The molecule has 0 aliphatic heterocycles. The van der Waals surface area contributed by atoms with Crippen LogP contribution in [0.4, 0.5) is 0 Å². The lowest BCUT2D eigenvalue weighted by molar-refractivity contribution is -0.120. The zero-order chi connectivity index (χ0) is 19.2. The summed E-state index contributed by atoms with van der Waals surface area (Å²) in [5, 5.41) is 8.28. The lowest BCUT2D eigenvalue weighted by Gasteiger charge is -2.06. The van der Waals surface area contributed by atoms with Crippen LogP contribution in [0.3, 0.4) is 0 Å². The number of fused-ring (bicyclic) bond motifs is 1. The van der Waals surface area contributed by atoms with Crippen LogP contribution >= 0.6 is 23.1 Å². The quantitative estimate of drug-likeness (QED) is 0.560. The summed E-state index contributed by atoms with van der Waals surface area (Å²) in [4.78, 5) is 28.8. The fraction of sp³-hybridized carbons (Fsp3) is 0.316. The predicted molar refractivity (Wildman–Crippen MR) is 108 cm³/mol. The van der Waals surface area contributed by atoms with Crippen molar-refractivity contribution < 1.29 is 14.0 Å². The molecule has 0 spiro atoms. The molecule has 2 N–H and O–H groups in total. The number of hydrogen-bond acceptors (Lipinski definition) is 6. The van der Waals surface area contributed by atoms with Crippen LogP contribution in [0, 0.1) is 6.92 Å². The molecule has 27 heavy (non-hydrogen) atoms. The van der Waals surface area contributed by atoms with Gasteiger partial charge in [-0.2, -0.15) is 0 Å². The van der Waals surface area contributed by atoms with E-state index in [0.29, 0.717) is 17.9 Å². The molecule has 0 saturated carbocycles. The average Bonchev–Trinajstić information content (AvgIpc) is 3.26. The van der Waals surface area contributed by atoms with Crippen LogP contribution in [0.5, 0.6) is 0 Å². The number of furan rings is 1. The van der Waals surface area contributed by atoms with Crippen molar-refractivity contribution in [2.24, 2.45) is 0 Å². The van der Waals surface area contributed by atoms with E-state index in [2.05, 4.69) is 15.6 Å². The van der Waals surface area contributed by atoms with Gasteiger partial charge in [0.25, 0.3) is 5.91 Å². The lowest BCUT2D eigenvalue weighted by Crippen LogP contribution is -2.37. The second kappa shape index (κ2) is 9.05. The molecule has 1 aromatic carbocycles. The second-order valence-corrected chi connectivity index (χ2v) is 8.06. The summed E-state index contributed by atoms with van der Waals surface area (Å²) in [6, 6.07) is 7.56. The van der Waals surface area contributed by atoms with Crippen molar-refractivity contribution >= 4 is 45.9 Å². The molecule has 2 heterocycles. The van der Waals surface area contributed by atoms with Gasteiger partial charge in [0.15, 0.2) is 5.76 Å². The molecule has 3 aromatic rings. The number of hydrogen-bond donors (Lipinski definition) is 2. The van der Waals surface area contributed by atoms with Gasteiger partial charge in [-0.25, -0.2) is 4.98 Å². The number of nitrogens with one attached hydrogen (secondary N) is 2. The van der Waals surface area contributed by atoms with Gasteiger partial charge in [-0.3, -0.25) is 9.59 Å². The van der Waals surface area contributed by atoms with Gasteiger partial charge in [0, 0.05) is 34.3 Å². The summed E-state index contributed by atoms with van der Waals surface area (Å²) in [5.41, 5.74) is 2.45. The molecule has 8 heteroatoms. The van der Waals surface area contributed by atoms with Gasteiger partial charge in [0.2, 0.25) is 5.91 Å². The number of rotatable bonds is 8. The van der Waals surface area contributed by atoms with E-state index >= 15 is 0 Å². The SMILES string of the molecule is CCCNC(=O)CNC(=O)c1oc2ccccc2c1CSc1nc(C)cs1. The van der Waals surface area contributed by atoms with Gasteiger partial charge in [-0.05, 0) is 19.4 Å². The minimum atomic E-state index is -0.385. The Morgan fingerprint density at radius 1 is 1.26 bits per heavy atom. The average molecular weight is 404 g/mol. The van der Waals surface area contributed by atoms with Crippen molar-refractivity contribution in [3.63, 3.8) is 0 Å². The summed E-state index contributed by atoms with van der Waals surface area (Å²) in [6.07, 6.45) is 0.848. The molecule has 0 radical (unpaired) electrons. The van der Waals surface area contributed by atoms with Crippen LogP contribution in [0.1, 0.15) is 35.2 Å². The fourth-order valence-electron chi connectivity index (χ4n) is 2.53. The molecule has 2 amide bonds. The van der Waals surface area contributed by atoms with Crippen LogP contribution in [-0.4, -0.2) is 29.9 Å². The van der Waals surface area contributed by atoms with Crippen LogP contribution in [0.25, 0.3) is 11.0 Å². The number of aryl methyl sites for hydroxylation is 1. The first-order valence-corrected chi connectivity index (χ1v) is 10.5. The molecule has 2 aromatic heterocycles. The predicted octanol–water partition coefficient (Wildman–Crippen LogP) is 3.75. The Morgan fingerprint density at radius 3 is 2.81 bits per heavy atom. The zero-order valence-electron chi connectivity index (χ0n) is 15.2. The largest absolute Gasteiger partial charge is 0.451 e. The molecular weight excluding hydrogens is 382 g/mol. The summed E-state index contributed by atoms with van der Waals surface area (Å²) in [5.74, 6) is 0.217. The highest BCUT2D eigenvalue weighted by Crippen LogP contribution is 2.33. The molecule has 0 unspecified atom stereocenters. The summed E-state index contributed by atoms with van der Waals surface area (Å²) in [6.45, 7) is 4.44. The summed E-state index contributed by atoms with van der Waals surface area (Å²) < 4.78 is 6.74. The third-order valence-electron chi connectivity index (χ3n) is 3.82. The number of carbonyl (C=O) groups is 2. The molecular formula is C19H21N3O3S2. The third kappa shape index (κ3) is 4.90. The molecule has 142 valence electrons.